The summed E-state index contributed by atoms with van der Waals surface area (Å²) >= 11 is 0. The summed E-state index contributed by atoms with van der Waals surface area (Å²) in [6, 6.07) is 8.49. The van der Waals surface area contributed by atoms with Gasteiger partial charge in [-0.2, -0.15) is 0 Å². The molecule has 0 saturated heterocycles. The number of rotatable bonds is 8. The van der Waals surface area contributed by atoms with Crippen molar-refractivity contribution in [1.82, 2.24) is 5.32 Å². The Labute approximate surface area is 137 Å². The van der Waals surface area contributed by atoms with Crippen molar-refractivity contribution in [3.05, 3.63) is 35.9 Å². The van der Waals surface area contributed by atoms with Gasteiger partial charge in [0.2, 0.25) is 0 Å². The summed E-state index contributed by atoms with van der Waals surface area (Å²) in [5.41, 5.74) is 0.866. The molecule has 0 bridgehead atoms. The lowest BCUT2D eigenvalue weighted by Crippen LogP contribution is -2.42. The summed E-state index contributed by atoms with van der Waals surface area (Å²) in [6.07, 6.45) is 5.22. The summed E-state index contributed by atoms with van der Waals surface area (Å²) in [5, 5.41) is 2.51. The standard InChI is InChI=1S/C18H23NO4/c1-4-5-11-16(17(20)22-12-14(2)3)19-18(21)23-13-15-9-7-6-8-10-15/h1,6-10,14,16H,5,11-13H2,2-3H3,(H,19,21). The third kappa shape index (κ3) is 7.91. The highest BCUT2D eigenvalue weighted by molar-refractivity contribution is 5.81. The topological polar surface area (TPSA) is 64.6 Å². The molecule has 0 aliphatic rings. The van der Waals surface area contributed by atoms with E-state index in [-0.39, 0.29) is 12.5 Å². The van der Waals surface area contributed by atoms with E-state index in [2.05, 4.69) is 11.2 Å². The van der Waals surface area contributed by atoms with Gasteiger partial charge < -0.3 is 14.8 Å². The van der Waals surface area contributed by atoms with Gasteiger partial charge in [-0.25, -0.2) is 9.59 Å². The molecule has 1 unspecified atom stereocenters. The predicted octanol–water partition coefficient (Wildman–Crippen LogP) is 2.89. The number of carbonyl (C=O) groups excluding carboxylic acids is 2. The number of hydrogen-bond acceptors (Lipinski definition) is 4. The quantitative estimate of drug-likeness (QED) is 0.591. The minimum Gasteiger partial charge on any atom is -0.464 e. The second-order valence-corrected chi connectivity index (χ2v) is 5.53. The van der Waals surface area contributed by atoms with Crippen LogP contribution in [0, 0.1) is 18.3 Å². The number of carbonyl (C=O) groups is 2. The van der Waals surface area contributed by atoms with Crippen molar-refractivity contribution >= 4 is 12.1 Å². The Morgan fingerprint density at radius 1 is 1.22 bits per heavy atom. The van der Waals surface area contributed by atoms with E-state index in [0.717, 1.165) is 5.56 Å². The van der Waals surface area contributed by atoms with Crippen LogP contribution in [0.1, 0.15) is 32.3 Å². The molecule has 0 aromatic heterocycles. The van der Waals surface area contributed by atoms with Gasteiger partial charge in [-0.05, 0) is 17.9 Å². The van der Waals surface area contributed by atoms with E-state index in [1.165, 1.54) is 0 Å². The first-order valence-electron chi connectivity index (χ1n) is 7.60. The molecule has 0 heterocycles. The fourth-order valence-electron chi connectivity index (χ4n) is 1.73. The zero-order valence-corrected chi connectivity index (χ0v) is 13.6. The van der Waals surface area contributed by atoms with E-state index in [9.17, 15) is 9.59 Å². The van der Waals surface area contributed by atoms with Crippen molar-refractivity contribution in [2.45, 2.75) is 39.3 Å². The van der Waals surface area contributed by atoms with Crippen LogP contribution >= 0.6 is 0 Å². The molecular formula is C18H23NO4. The van der Waals surface area contributed by atoms with Gasteiger partial charge in [0.15, 0.2) is 0 Å². The summed E-state index contributed by atoms with van der Waals surface area (Å²) in [6.45, 7) is 4.30. The number of amides is 1. The Hall–Kier alpha value is -2.48. The van der Waals surface area contributed by atoms with E-state index in [0.29, 0.717) is 19.4 Å². The smallest absolute Gasteiger partial charge is 0.408 e. The monoisotopic (exact) mass is 317 g/mol. The maximum Gasteiger partial charge on any atom is 0.408 e. The zero-order chi connectivity index (χ0) is 17.1. The highest BCUT2D eigenvalue weighted by Gasteiger charge is 2.22. The molecular weight excluding hydrogens is 294 g/mol. The Bertz CT molecular complexity index is 534. The third-order valence-corrected chi connectivity index (χ3v) is 2.93. The SMILES string of the molecule is C#CCCC(NC(=O)OCc1ccccc1)C(=O)OCC(C)C. The van der Waals surface area contributed by atoms with Crippen molar-refractivity contribution in [3.8, 4) is 12.3 Å². The van der Waals surface area contributed by atoms with Gasteiger partial charge >= 0.3 is 12.1 Å². The second-order valence-electron chi connectivity index (χ2n) is 5.53. The van der Waals surface area contributed by atoms with Crippen LogP contribution in [-0.2, 0) is 20.9 Å². The van der Waals surface area contributed by atoms with Gasteiger partial charge in [0.05, 0.1) is 6.61 Å². The van der Waals surface area contributed by atoms with Crippen LogP contribution in [0.2, 0.25) is 0 Å². The number of benzene rings is 1. The molecule has 1 N–H and O–H groups in total. The Morgan fingerprint density at radius 3 is 2.52 bits per heavy atom. The van der Waals surface area contributed by atoms with Gasteiger partial charge in [0.1, 0.15) is 12.6 Å². The number of ether oxygens (including phenoxy) is 2. The number of hydrogen-bond donors (Lipinski definition) is 1. The number of nitrogens with one attached hydrogen (secondary N) is 1. The van der Waals surface area contributed by atoms with Crippen LogP contribution in [0.15, 0.2) is 30.3 Å². The number of terminal acetylenes is 1. The zero-order valence-electron chi connectivity index (χ0n) is 13.6. The van der Waals surface area contributed by atoms with Crippen molar-refractivity contribution < 1.29 is 19.1 Å². The highest BCUT2D eigenvalue weighted by atomic mass is 16.6. The molecule has 124 valence electrons. The summed E-state index contributed by atoms with van der Waals surface area (Å²) in [4.78, 5) is 23.8. The predicted molar refractivity (Wildman–Crippen MR) is 87.4 cm³/mol. The second kappa shape index (κ2) is 10.3. The average molecular weight is 317 g/mol. The van der Waals surface area contributed by atoms with E-state index >= 15 is 0 Å². The molecule has 1 aromatic carbocycles. The van der Waals surface area contributed by atoms with Crippen molar-refractivity contribution in [2.24, 2.45) is 5.92 Å². The molecule has 0 spiro atoms. The van der Waals surface area contributed by atoms with Crippen LogP contribution in [-0.4, -0.2) is 24.7 Å². The van der Waals surface area contributed by atoms with Gasteiger partial charge in [-0.15, -0.1) is 12.3 Å². The van der Waals surface area contributed by atoms with Crippen LogP contribution in [0.4, 0.5) is 4.79 Å². The summed E-state index contributed by atoms with van der Waals surface area (Å²) < 4.78 is 10.3. The Kier molecular flexibility index (Phi) is 8.30. The lowest BCUT2D eigenvalue weighted by molar-refractivity contribution is -0.147. The molecule has 0 fully saturated rings. The molecule has 5 nitrogen and oxygen atoms in total. The molecule has 0 radical (unpaired) electrons. The maximum absolute atomic E-state index is 12.0. The van der Waals surface area contributed by atoms with E-state index in [4.69, 9.17) is 15.9 Å². The summed E-state index contributed by atoms with van der Waals surface area (Å²) in [7, 11) is 0. The Morgan fingerprint density at radius 2 is 1.91 bits per heavy atom. The maximum atomic E-state index is 12.0. The first-order chi connectivity index (χ1) is 11.0. The number of esters is 1. The van der Waals surface area contributed by atoms with Crippen LogP contribution in [0.25, 0.3) is 0 Å². The van der Waals surface area contributed by atoms with Crippen molar-refractivity contribution in [2.75, 3.05) is 6.61 Å². The van der Waals surface area contributed by atoms with E-state index in [1.54, 1.807) is 0 Å². The third-order valence-electron chi connectivity index (χ3n) is 2.93. The minimum atomic E-state index is -0.798. The van der Waals surface area contributed by atoms with Gasteiger partial charge in [-0.1, -0.05) is 44.2 Å². The molecule has 0 saturated carbocycles. The normalized spacial score (nSPS) is 11.4. The van der Waals surface area contributed by atoms with Crippen LogP contribution in [0.3, 0.4) is 0 Å². The molecule has 1 amide bonds. The molecule has 1 aromatic rings. The summed E-state index contributed by atoms with van der Waals surface area (Å²) in [5.74, 6) is 2.17. The molecule has 1 atom stereocenters. The number of alkyl carbamates (subject to hydrolysis) is 1. The molecule has 1 rings (SSSR count). The highest BCUT2D eigenvalue weighted by Crippen LogP contribution is 2.04. The minimum absolute atomic E-state index is 0.134. The van der Waals surface area contributed by atoms with Gasteiger partial charge in [0.25, 0.3) is 0 Å². The molecule has 5 heteroatoms. The lowest BCUT2D eigenvalue weighted by Gasteiger charge is -2.17. The van der Waals surface area contributed by atoms with Gasteiger partial charge in [0, 0.05) is 6.42 Å². The van der Waals surface area contributed by atoms with Gasteiger partial charge in [-0.3, -0.25) is 0 Å². The van der Waals surface area contributed by atoms with Crippen LogP contribution in [0.5, 0.6) is 0 Å². The first-order valence-corrected chi connectivity index (χ1v) is 7.60. The molecule has 23 heavy (non-hydrogen) atoms. The molecule has 0 aliphatic carbocycles. The fraction of sp³-hybridized carbons (Fsp3) is 0.444. The Balaban J connectivity index is 2.49. The van der Waals surface area contributed by atoms with Crippen molar-refractivity contribution in [1.29, 1.82) is 0 Å². The van der Waals surface area contributed by atoms with E-state index < -0.39 is 18.1 Å². The van der Waals surface area contributed by atoms with Crippen molar-refractivity contribution in [3.63, 3.8) is 0 Å². The molecule has 0 aliphatic heterocycles. The van der Waals surface area contributed by atoms with Crippen LogP contribution < -0.4 is 5.32 Å². The average Bonchev–Trinajstić information content (AvgIpc) is 2.55. The largest absolute Gasteiger partial charge is 0.464 e. The first kappa shape index (κ1) is 18.6. The fourth-order valence-corrected chi connectivity index (χ4v) is 1.73. The van der Waals surface area contributed by atoms with E-state index in [1.807, 2.05) is 44.2 Å². The lowest BCUT2D eigenvalue weighted by atomic mass is 10.1.